The lowest BCUT2D eigenvalue weighted by Crippen LogP contribution is -3.00. The van der Waals surface area contributed by atoms with Gasteiger partial charge in [0.25, 0.3) is 0 Å². The minimum Gasteiger partial charge on any atom is -1.00 e. The molecule has 0 N–H and O–H groups in total. The number of hydrogen-bond acceptors (Lipinski definition) is 4. The summed E-state index contributed by atoms with van der Waals surface area (Å²) in [6.45, 7) is 16.8. The molecule has 0 saturated heterocycles. The van der Waals surface area contributed by atoms with E-state index in [1.165, 1.54) is 64.2 Å². The van der Waals surface area contributed by atoms with Gasteiger partial charge in [0, 0.05) is 13.7 Å². The SMILES string of the molecule is COC(COCCOCC[N+](C)(C)C)COCC(C)CCCCC(C)CCCC(C)CCCC(C)C.[Cl-]. The third-order valence-electron chi connectivity index (χ3n) is 7.14. The van der Waals surface area contributed by atoms with Gasteiger partial charge >= 0.3 is 0 Å². The van der Waals surface area contributed by atoms with Crippen molar-refractivity contribution in [1.29, 1.82) is 0 Å². The molecule has 0 spiro atoms. The molecule has 4 atom stereocenters. The molecule has 0 amide bonds. The molecule has 0 radical (unpaired) electrons. The summed E-state index contributed by atoms with van der Waals surface area (Å²) in [6, 6.07) is 0. The van der Waals surface area contributed by atoms with Gasteiger partial charge in [-0.05, 0) is 30.1 Å². The van der Waals surface area contributed by atoms with Crippen LogP contribution in [0.5, 0.6) is 0 Å². The van der Waals surface area contributed by atoms with E-state index in [1.807, 2.05) is 0 Å². The molecule has 0 aromatic heterocycles. The molecule has 0 fully saturated rings. The lowest BCUT2D eigenvalue weighted by Gasteiger charge is -2.23. The van der Waals surface area contributed by atoms with Crippen LogP contribution >= 0.6 is 0 Å². The highest BCUT2D eigenvalue weighted by molar-refractivity contribution is 4.61. The van der Waals surface area contributed by atoms with Gasteiger partial charge in [-0.25, -0.2) is 0 Å². The van der Waals surface area contributed by atoms with Gasteiger partial charge in [0.05, 0.1) is 54.2 Å². The Labute approximate surface area is 238 Å². The largest absolute Gasteiger partial charge is 1.00 e. The van der Waals surface area contributed by atoms with E-state index in [9.17, 15) is 0 Å². The molecule has 0 bridgehead atoms. The minimum atomic E-state index is -0.0118. The quantitative estimate of drug-likeness (QED) is 0.119. The van der Waals surface area contributed by atoms with Crippen molar-refractivity contribution in [2.75, 3.05) is 74.4 Å². The summed E-state index contributed by atoms with van der Waals surface area (Å²) in [4.78, 5) is 0. The first kappa shape index (κ1) is 39.2. The monoisotopic (exact) mass is 551 g/mol. The zero-order chi connectivity index (χ0) is 27.2. The van der Waals surface area contributed by atoms with Crippen LogP contribution in [-0.2, 0) is 18.9 Å². The number of likely N-dealkylation sites (N-methyl/N-ethyl adjacent to an activating group) is 1. The van der Waals surface area contributed by atoms with Gasteiger partial charge in [-0.3, -0.25) is 0 Å². The third kappa shape index (κ3) is 28.9. The van der Waals surface area contributed by atoms with E-state index in [0.717, 1.165) is 42.0 Å². The number of quaternary nitrogens is 1. The summed E-state index contributed by atoms with van der Waals surface area (Å²) in [5.74, 6) is 3.22. The Morgan fingerprint density at radius 2 is 1.03 bits per heavy atom. The Morgan fingerprint density at radius 1 is 0.541 bits per heavy atom. The second-order valence-electron chi connectivity index (χ2n) is 13.0. The van der Waals surface area contributed by atoms with Crippen LogP contribution in [0.2, 0.25) is 0 Å². The lowest BCUT2D eigenvalue weighted by atomic mass is 9.91. The van der Waals surface area contributed by atoms with Gasteiger partial charge in [-0.2, -0.15) is 0 Å². The molecule has 0 saturated carbocycles. The molecule has 0 aromatic rings. The normalized spacial score (nSPS) is 15.4. The molecular formula is C31H66ClNO4. The fourth-order valence-electron chi connectivity index (χ4n) is 4.40. The average molecular weight is 552 g/mol. The van der Waals surface area contributed by atoms with Crippen LogP contribution in [0.15, 0.2) is 0 Å². The van der Waals surface area contributed by atoms with Crippen molar-refractivity contribution in [3.8, 4) is 0 Å². The molecular weight excluding hydrogens is 486 g/mol. The van der Waals surface area contributed by atoms with Crippen LogP contribution in [-0.4, -0.2) is 85.0 Å². The second-order valence-corrected chi connectivity index (χ2v) is 13.0. The number of nitrogens with zero attached hydrogens (tertiary/aromatic N) is 1. The van der Waals surface area contributed by atoms with Crippen molar-refractivity contribution in [2.24, 2.45) is 23.7 Å². The minimum absolute atomic E-state index is 0. The molecule has 0 rings (SSSR count). The summed E-state index contributed by atoms with van der Waals surface area (Å²) in [5, 5.41) is 0. The molecule has 5 nitrogen and oxygen atoms in total. The van der Waals surface area contributed by atoms with Gasteiger partial charge in [-0.1, -0.05) is 92.4 Å². The summed E-state index contributed by atoms with van der Waals surface area (Å²) >= 11 is 0. The zero-order valence-corrected chi connectivity index (χ0v) is 27.1. The van der Waals surface area contributed by atoms with Gasteiger partial charge in [-0.15, -0.1) is 0 Å². The third-order valence-corrected chi connectivity index (χ3v) is 7.14. The number of unbranched alkanes of at least 4 members (excludes halogenated alkanes) is 1. The highest BCUT2D eigenvalue weighted by Gasteiger charge is 2.11. The van der Waals surface area contributed by atoms with Crippen LogP contribution in [0.4, 0.5) is 0 Å². The smallest absolute Gasteiger partial charge is 0.104 e. The van der Waals surface area contributed by atoms with Crippen LogP contribution < -0.4 is 12.4 Å². The van der Waals surface area contributed by atoms with Crippen molar-refractivity contribution < 1.29 is 35.8 Å². The summed E-state index contributed by atoms with van der Waals surface area (Å²) in [6.07, 6.45) is 13.7. The first-order valence-electron chi connectivity index (χ1n) is 15.1. The molecule has 6 heteroatoms. The summed E-state index contributed by atoms with van der Waals surface area (Å²) in [5.41, 5.74) is 0. The molecule has 0 heterocycles. The highest BCUT2D eigenvalue weighted by Crippen LogP contribution is 2.22. The molecule has 226 valence electrons. The standard InChI is InChI=1S/C31H66NO4.ClH/c1-27(2)14-12-17-29(4)19-13-18-28(3)15-10-11-16-30(5)24-36-26-31(33-9)25-35-23-22-34-21-20-32(6,7)8;/h27-31H,10-26H2,1-9H3;1H/q+1;/p-1. The maximum Gasteiger partial charge on any atom is 0.104 e. The van der Waals surface area contributed by atoms with E-state index in [0.29, 0.717) is 32.3 Å². The van der Waals surface area contributed by atoms with Crippen molar-refractivity contribution in [2.45, 2.75) is 105 Å². The van der Waals surface area contributed by atoms with Crippen molar-refractivity contribution >= 4 is 0 Å². The van der Waals surface area contributed by atoms with Crippen molar-refractivity contribution in [1.82, 2.24) is 0 Å². The van der Waals surface area contributed by atoms with E-state index >= 15 is 0 Å². The van der Waals surface area contributed by atoms with Crippen LogP contribution in [0.3, 0.4) is 0 Å². The first-order chi connectivity index (χ1) is 17.0. The van der Waals surface area contributed by atoms with E-state index < -0.39 is 0 Å². The van der Waals surface area contributed by atoms with Gasteiger partial charge in [0.1, 0.15) is 12.6 Å². The Bertz CT molecular complexity index is 473. The first-order valence-corrected chi connectivity index (χ1v) is 15.1. The highest BCUT2D eigenvalue weighted by atomic mass is 35.5. The number of hydrogen-bond donors (Lipinski definition) is 0. The number of methoxy groups -OCH3 is 1. The van der Waals surface area contributed by atoms with Crippen molar-refractivity contribution in [3.63, 3.8) is 0 Å². The van der Waals surface area contributed by atoms with Crippen LogP contribution in [0.25, 0.3) is 0 Å². The molecule has 0 aliphatic carbocycles. The fourth-order valence-corrected chi connectivity index (χ4v) is 4.40. The van der Waals surface area contributed by atoms with E-state index in [-0.39, 0.29) is 18.5 Å². The predicted molar refractivity (Wildman–Crippen MR) is 155 cm³/mol. The fraction of sp³-hybridized carbons (Fsp3) is 1.00. The van der Waals surface area contributed by atoms with E-state index in [1.54, 1.807) is 7.11 Å². The molecule has 0 aliphatic heterocycles. The predicted octanol–water partition coefficient (Wildman–Crippen LogP) is 4.23. The van der Waals surface area contributed by atoms with Crippen molar-refractivity contribution in [3.05, 3.63) is 0 Å². The summed E-state index contributed by atoms with van der Waals surface area (Å²) < 4.78 is 23.7. The van der Waals surface area contributed by atoms with Gasteiger partial charge in [0.15, 0.2) is 0 Å². The molecule has 37 heavy (non-hydrogen) atoms. The molecule has 0 aromatic carbocycles. The number of halogens is 1. The Hall–Kier alpha value is 0.0900. The van der Waals surface area contributed by atoms with Gasteiger partial charge < -0.3 is 35.8 Å². The zero-order valence-electron chi connectivity index (χ0n) is 26.4. The number of ether oxygens (including phenoxy) is 4. The Kier molecular flexibility index (Phi) is 26.6. The maximum atomic E-state index is 5.94. The lowest BCUT2D eigenvalue weighted by molar-refractivity contribution is -0.870. The second kappa shape index (κ2) is 25.1. The molecule has 0 aliphatic rings. The average Bonchev–Trinajstić information content (AvgIpc) is 2.79. The molecule has 4 unspecified atom stereocenters. The van der Waals surface area contributed by atoms with E-state index in [2.05, 4.69) is 55.8 Å². The number of rotatable bonds is 26. The van der Waals surface area contributed by atoms with E-state index in [4.69, 9.17) is 18.9 Å². The topological polar surface area (TPSA) is 36.9 Å². The van der Waals surface area contributed by atoms with Gasteiger partial charge in [0.2, 0.25) is 0 Å². The summed E-state index contributed by atoms with van der Waals surface area (Å²) in [7, 11) is 8.24. The van der Waals surface area contributed by atoms with Crippen LogP contribution in [0, 0.1) is 23.7 Å². The van der Waals surface area contributed by atoms with Crippen LogP contribution in [0.1, 0.15) is 98.8 Å². The Balaban J connectivity index is 0. The maximum absolute atomic E-state index is 5.94. The Morgan fingerprint density at radius 3 is 1.57 bits per heavy atom.